The van der Waals surface area contributed by atoms with Gasteiger partial charge in [0.05, 0.1) is 31.9 Å². The number of carbonyl (C=O) groups is 1. The van der Waals surface area contributed by atoms with Crippen molar-refractivity contribution in [1.82, 2.24) is 4.90 Å². The van der Waals surface area contributed by atoms with Crippen LogP contribution < -0.4 is 4.74 Å². The summed E-state index contributed by atoms with van der Waals surface area (Å²) in [6, 6.07) is 6.38. The van der Waals surface area contributed by atoms with Gasteiger partial charge in [-0.25, -0.2) is 0 Å². The normalized spacial score (nSPS) is 23.9. The Hall–Kier alpha value is -1.55. The van der Waals surface area contributed by atoms with Gasteiger partial charge in [-0.2, -0.15) is 0 Å². The largest absolute Gasteiger partial charge is 0.494 e. The van der Waals surface area contributed by atoms with Gasteiger partial charge >= 0.3 is 0 Å². The van der Waals surface area contributed by atoms with Gasteiger partial charge in [-0.05, 0) is 49.8 Å². The molecule has 1 aromatic rings. The second kappa shape index (κ2) is 6.91. The molecule has 2 aliphatic rings. The van der Waals surface area contributed by atoms with Crippen molar-refractivity contribution in [3.63, 3.8) is 0 Å². The van der Waals surface area contributed by atoms with Crippen molar-refractivity contribution in [2.24, 2.45) is 0 Å². The molecular formula is C19H27NO3. The van der Waals surface area contributed by atoms with Gasteiger partial charge in [-0.3, -0.25) is 4.79 Å². The lowest BCUT2D eigenvalue weighted by molar-refractivity contribution is -0.0566. The number of hydrogen-bond donors (Lipinski definition) is 0. The van der Waals surface area contributed by atoms with Crippen molar-refractivity contribution >= 4 is 5.91 Å². The van der Waals surface area contributed by atoms with E-state index in [2.05, 4.69) is 18.7 Å². The first-order chi connectivity index (χ1) is 11.1. The first kappa shape index (κ1) is 16.3. The van der Waals surface area contributed by atoms with Crippen molar-refractivity contribution in [1.29, 1.82) is 0 Å². The van der Waals surface area contributed by atoms with Crippen molar-refractivity contribution in [2.75, 3.05) is 19.8 Å². The highest BCUT2D eigenvalue weighted by molar-refractivity contribution is 5.95. The van der Waals surface area contributed by atoms with E-state index in [9.17, 15) is 4.79 Å². The van der Waals surface area contributed by atoms with E-state index < -0.39 is 0 Å². The van der Waals surface area contributed by atoms with Crippen LogP contribution in [0.3, 0.4) is 0 Å². The van der Waals surface area contributed by atoms with Gasteiger partial charge in [0.15, 0.2) is 0 Å². The number of nitrogens with zero attached hydrogens (tertiary/aromatic N) is 1. The molecule has 0 aromatic heterocycles. The van der Waals surface area contributed by atoms with E-state index in [0.29, 0.717) is 25.7 Å². The molecule has 0 N–H and O–H groups in total. The molecule has 0 spiro atoms. The van der Waals surface area contributed by atoms with Crippen molar-refractivity contribution in [2.45, 2.75) is 58.0 Å². The Labute approximate surface area is 138 Å². The monoisotopic (exact) mass is 317 g/mol. The summed E-state index contributed by atoms with van der Waals surface area (Å²) >= 11 is 0. The average molecular weight is 317 g/mol. The Bertz CT molecular complexity index is 548. The molecule has 2 bridgehead atoms. The second-order valence-electron chi connectivity index (χ2n) is 6.83. The number of carbonyl (C=O) groups excluding carboxylic acids is 1. The van der Waals surface area contributed by atoms with Crippen LogP contribution in [0.15, 0.2) is 18.2 Å². The van der Waals surface area contributed by atoms with E-state index in [1.807, 2.05) is 25.1 Å². The van der Waals surface area contributed by atoms with Crippen molar-refractivity contribution in [3.05, 3.63) is 29.3 Å². The first-order valence-electron chi connectivity index (χ1n) is 8.79. The van der Waals surface area contributed by atoms with Gasteiger partial charge in [0.2, 0.25) is 0 Å². The molecule has 3 rings (SSSR count). The van der Waals surface area contributed by atoms with Crippen LogP contribution in [0.1, 0.15) is 61.9 Å². The number of rotatable bonds is 4. The van der Waals surface area contributed by atoms with Crippen LogP contribution in [0, 0.1) is 0 Å². The van der Waals surface area contributed by atoms with E-state index in [1.165, 1.54) is 6.42 Å². The van der Waals surface area contributed by atoms with Gasteiger partial charge in [0.25, 0.3) is 5.91 Å². The Morgan fingerprint density at radius 1 is 1.30 bits per heavy atom. The Balaban J connectivity index is 1.88. The van der Waals surface area contributed by atoms with E-state index in [4.69, 9.17) is 9.47 Å². The lowest BCUT2D eigenvalue weighted by Crippen LogP contribution is -2.57. The minimum Gasteiger partial charge on any atom is -0.494 e. The zero-order chi connectivity index (χ0) is 16.4. The quantitative estimate of drug-likeness (QED) is 0.851. The molecule has 23 heavy (non-hydrogen) atoms. The number of hydrogen-bond acceptors (Lipinski definition) is 3. The predicted molar refractivity (Wildman–Crippen MR) is 90.1 cm³/mol. The Morgan fingerprint density at radius 2 is 2.00 bits per heavy atom. The number of fused-ring (bicyclic) bond motifs is 2. The zero-order valence-electron chi connectivity index (χ0n) is 14.4. The second-order valence-corrected chi connectivity index (χ2v) is 6.83. The number of ether oxygens (including phenoxy) is 2. The number of morpholine rings is 1. The summed E-state index contributed by atoms with van der Waals surface area (Å²) in [4.78, 5) is 15.1. The number of amides is 1. The minimum absolute atomic E-state index is 0.124. The lowest BCUT2D eigenvalue weighted by atomic mass is 9.92. The van der Waals surface area contributed by atoms with Crippen LogP contribution in [-0.4, -0.2) is 42.7 Å². The SMILES string of the molecule is CCOc1cc(C(=O)N2C3CCCC2COC3)ccc1C(C)C. The molecule has 4 nitrogen and oxygen atoms in total. The summed E-state index contributed by atoms with van der Waals surface area (Å²) in [6.07, 6.45) is 3.29. The molecule has 1 amide bonds. The van der Waals surface area contributed by atoms with E-state index in [1.54, 1.807) is 0 Å². The third kappa shape index (κ3) is 3.23. The standard InChI is InChI=1S/C19H27NO3/c1-4-23-18-10-14(8-9-17(18)13(2)3)19(21)20-15-6-5-7-16(20)12-22-11-15/h8-10,13,15-16H,4-7,11-12H2,1-3H3. The maximum absolute atomic E-state index is 13.1. The maximum atomic E-state index is 13.1. The highest BCUT2D eigenvalue weighted by Crippen LogP contribution is 2.32. The van der Waals surface area contributed by atoms with Crippen LogP contribution >= 0.6 is 0 Å². The highest BCUT2D eigenvalue weighted by atomic mass is 16.5. The molecule has 0 saturated carbocycles. The summed E-state index contributed by atoms with van der Waals surface area (Å²) in [5, 5.41) is 0. The third-order valence-electron chi connectivity index (χ3n) is 4.90. The maximum Gasteiger partial charge on any atom is 0.254 e. The van der Waals surface area contributed by atoms with Crippen molar-refractivity contribution in [3.8, 4) is 5.75 Å². The van der Waals surface area contributed by atoms with Crippen LogP contribution in [0.4, 0.5) is 0 Å². The molecule has 2 aliphatic heterocycles. The van der Waals surface area contributed by atoms with Crippen molar-refractivity contribution < 1.29 is 14.3 Å². The fourth-order valence-corrected chi connectivity index (χ4v) is 3.74. The fourth-order valence-electron chi connectivity index (χ4n) is 3.74. The molecule has 4 heteroatoms. The van der Waals surface area contributed by atoms with Gasteiger partial charge in [0, 0.05) is 5.56 Å². The lowest BCUT2D eigenvalue weighted by Gasteiger charge is -2.45. The van der Waals surface area contributed by atoms with Crippen LogP contribution in [-0.2, 0) is 4.74 Å². The Kier molecular flexibility index (Phi) is 4.90. The van der Waals surface area contributed by atoms with Gasteiger partial charge in [-0.15, -0.1) is 0 Å². The van der Waals surface area contributed by atoms with Crippen LogP contribution in [0.5, 0.6) is 5.75 Å². The highest BCUT2D eigenvalue weighted by Gasteiger charge is 2.38. The molecule has 0 aliphatic carbocycles. The smallest absolute Gasteiger partial charge is 0.254 e. The van der Waals surface area contributed by atoms with Crippen LogP contribution in [0.25, 0.3) is 0 Å². The van der Waals surface area contributed by atoms with Crippen LogP contribution in [0.2, 0.25) is 0 Å². The molecule has 2 atom stereocenters. The summed E-state index contributed by atoms with van der Waals surface area (Å²) < 4.78 is 11.4. The summed E-state index contributed by atoms with van der Waals surface area (Å²) in [6.45, 7) is 8.22. The fraction of sp³-hybridized carbons (Fsp3) is 0.632. The molecule has 2 heterocycles. The molecule has 126 valence electrons. The molecule has 2 unspecified atom stereocenters. The molecule has 2 saturated heterocycles. The summed E-state index contributed by atoms with van der Waals surface area (Å²) in [5.74, 6) is 1.34. The molecule has 1 aromatic carbocycles. The summed E-state index contributed by atoms with van der Waals surface area (Å²) in [5.41, 5.74) is 1.89. The van der Waals surface area contributed by atoms with E-state index in [0.717, 1.165) is 29.7 Å². The first-order valence-corrected chi connectivity index (χ1v) is 8.79. The average Bonchev–Trinajstić information content (AvgIpc) is 2.53. The number of benzene rings is 1. The molecule has 2 fully saturated rings. The zero-order valence-corrected chi connectivity index (χ0v) is 14.4. The topological polar surface area (TPSA) is 38.8 Å². The summed E-state index contributed by atoms with van der Waals surface area (Å²) in [7, 11) is 0. The van der Waals surface area contributed by atoms with Gasteiger partial charge in [-0.1, -0.05) is 19.9 Å². The van der Waals surface area contributed by atoms with Gasteiger partial charge < -0.3 is 14.4 Å². The van der Waals surface area contributed by atoms with E-state index >= 15 is 0 Å². The third-order valence-corrected chi connectivity index (χ3v) is 4.90. The number of piperidine rings is 1. The molecule has 0 radical (unpaired) electrons. The van der Waals surface area contributed by atoms with Gasteiger partial charge in [0.1, 0.15) is 5.75 Å². The molecular weight excluding hydrogens is 290 g/mol. The Morgan fingerprint density at radius 3 is 2.61 bits per heavy atom. The minimum atomic E-state index is 0.124. The van der Waals surface area contributed by atoms with E-state index in [-0.39, 0.29) is 18.0 Å². The predicted octanol–water partition coefficient (Wildman–Crippen LogP) is 3.60.